The molecule has 27 heavy (non-hydrogen) atoms. The number of amides is 2. The Labute approximate surface area is 162 Å². The van der Waals surface area contributed by atoms with E-state index in [2.05, 4.69) is 21.6 Å². The van der Waals surface area contributed by atoms with Crippen LogP contribution in [0.15, 0.2) is 0 Å². The van der Waals surface area contributed by atoms with E-state index in [0.717, 1.165) is 38.9 Å². The molecule has 0 saturated carbocycles. The molecule has 2 fully saturated rings. The molecule has 0 aromatic rings. The maximum atomic E-state index is 12.9. The molecule has 0 aromatic carbocycles. The lowest BCUT2D eigenvalue weighted by Gasteiger charge is -2.37. The number of hydrogen-bond donors (Lipinski definition) is 1. The van der Waals surface area contributed by atoms with Crippen LogP contribution < -0.4 is 4.72 Å². The quantitative estimate of drug-likeness (QED) is 0.588. The Bertz CT molecular complexity index is 619. The average molecular weight is 404 g/mol. The first-order valence-corrected chi connectivity index (χ1v) is 11.5. The van der Waals surface area contributed by atoms with Gasteiger partial charge in [-0.2, -0.15) is 0 Å². The normalized spacial score (nSPS) is 21.7. The summed E-state index contributed by atoms with van der Waals surface area (Å²) >= 11 is 0. The van der Waals surface area contributed by atoms with Crippen molar-refractivity contribution in [2.45, 2.75) is 25.8 Å². The van der Waals surface area contributed by atoms with E-state index in [4.69, 9.17) is 0 Å². The van der Waals surface area contributed by atoms with Crippen LogP contribution in [0.5, 0.6) is 0 Å². The van der Waals surface area contributed by atoms with Gasteiger partial charge in [-0.25, -0.2) is 13.1 Å². The Hall–Kier alpha value is -1.23. The number of carbonyl (C=O) groups excluding carboxylic acids is 2. The van der Waals surface area contributed by atoms with E-state index in [1.165, 1.54) is 0 Å². The topological polar surface area (TPSA) is 93.3 Å². The summed E-state index contributed by atoms with van der Waals surface area (Å²) < 4.78 is 24.5. The molecule has 1 atom stereocenters. The minimum absolute atomic E-state index is 0.0763. The Morgan fingerprint density at radius 3 is 2.19 bits per heavy atom. The number of rotatable bonds is 6. The second-order valence-corrected chi connectivity index (χ2v) is 9.32. The lowest BCUT2D eigenvalue weighted by Crippen LogP contribution is -2.54. The third-order valence-corrected chi connectivity index (χ3v) is 6.03. The van der Waals surface area contributed by atoms with Gasteiger partial charge in [0.05, 0.1) is 12.3 Å². The van der Waals surface area contributed by atoms with E-state index in [9.17, 15) is 18.0 Å². The van der Waals surface area contributed by atoms with Gasteiger partial charge in [0.1, 0.15) is 0 Å². The molecule has 0 bridgehead atoms. The van der Waals surface area contributed by atoms with Gasteiger partial charge in [0.25, 0.3) is 0 Å². The van der Waals surface area contributed by atoms with Crippen LogP contribution in [0.25, 0.3) is 0 Å². The molecule has 9 nitrogen and oxygen atoms in total. The van der Waals surface area contributed by atoms with Crippen LogP contribution in [0.3, 0.4) is 0 Å². The van der Waals surface area contributed by atoms with Crippen LogP contribution in [0.1, 0.15) is 19.8 Å². The highest BCUT2D eigenvalue weighted by Crippen LogP contribution is 2.11. The van der Waals surface area contributed by atoms with Gasteiger partial charge in [-0.3, -0.25) is 14.5 Å². The van der Waals surface area contributed by atoms with Gasteiger partial charge in [0, 0.05) is 65.3 Å². The smallest absolute Gasteiger partial charge is 0.239 e. The third-order valence-electron chi connectivity index (χ3n) is 5.31. The van der Waals surface area contributed by atoms with E-state index >= 15 is 0 Å². The Morgan fingerprint density at radius 1 is 0.963 bits per heavy atom. The van der Waals surface area contributed by atoms with Crippen molar-refractivity contribution >= 4 is 21.8 Å². The van der Waals surface area contributed by atoms with Crippen LogP contribution in [0.4, 0.5) is 0 Å². The van der Waals surface area contributed by atoms with Gasteiger partial charge in [-0.15, -0.1) is 0 Å². The number of nitrogens with zero attached hydrogens (tertiary/aromatic N) is 4. The fourth-order valence-electron chi connectivity index (χ4n) is 3.52. The summed E-state index contributed by atoms with van der Waals surface area (Å²) in [6, 6.07) is -0.139. The van der Waals surface area contributed by atoms with Crippen molar-refractivity contribution in [2.75, 3.05) is 72.2 Å². The van der Waals surface area contributed by atoms with Crippen molar-refractivity contribution in [3.8, 4) is 0 Å². The number of nitrogens with one attached hydrogen (secondary N) is 1. The molecule has 0 radical (unpaired) electrons. The molecule has 10 heteroatoms. The zero-order chi connectivity index (χ0) is 20.0. The average Bonchev–Trinajstić information content (AvgIpc) is 2.86. The van der Waals surface area contributed by atoms with Gasteiger partial charge in [-0.1, -0.05) is 0 Å². The first-order chi connectivity index (χ1) is 12.7. The van der Waals surface area contributed by atoms with E-state index < -0.39 is 10.0 Å². The molecule has 1 unspecified atom stereocenters. The Morgan fingerprint density at radius 2 is 1.56 bits per heavy atom. The molecular formula is C17H33N5O4S. The van der Waals surface area contributed by atoms with Crippen LogP contribution in [0.2, 0.25) is 0 Å². The largest absolute Gasteiger partial charge is 0.341 e. The van der Waals surface area contributed by atoms with Gasteiger partial charge in [0.15, 0.2) is 0 Å². The summed E-state index contributed by atoms with van der Waals surface area (Å²) in [7, 11) is -1.19. The molecule has 0 aromatic heterocycles. The first-order valence-electron chi connectivity index (χ1n) is 9.61. The minimum Gasteiger partial charge on any atom is -0.341 e. The van der Waals surface area contributed by atoms with Gasteiger partial charge in [0.2, 0.25) is 21.8 Å². The summed E-state index contributed by atoms with van der Waals surface area (Å²) in [6.07, 6.45) is 1.96. The second kappa shape index (κ2) is 9.81. The van der Waals surface area contributed by atoms with Crippen LogP contribution in [-0.4, -0.2) is 118 Å². The summed E-state index contributed by atoms with van der Waals surface area (Å²) in [4.78, 5) is 33.3. The lowest BCUT2D eigenvalue weighted by molar-refractivity contribution is -0.137. The van der Waals surface area contributed by atoms with Crippen LogP contribution in [0, 0.1) is 0 Å². The molecule has 2 heterocycles. The third kappa shape index (κ3) is 7.02. The molecular weight excluding hydrogens is 370 g/mol. The van der Waals surface area contributed by atoms with E-state index in [-0.39, 0.29) is 30.8 Å². The summed E-state index contributed by atoms with van der Waals surface area (Å²) in [5.74, 6) is 0.0557. The van der Waals surface area contributed by atoms with Crippen molar-refractivity contribution in [3.05, 3.63) is 0 Å². The maximum Gasteiger partial charge on any atom is 0.239 e. The standard InChI is InChI=1S/C17H33N5O4S/c1-15(20-11-9-19(2)10-12-20)17(24)22-8-4-7-21(13-14-22)16(23)5-6-18-27(3,25)26/h15,18H,4-14H2,1-3H3. The number of likely N-dealkylation sites (N-methyl/N-ethyl adjacent to an activating group) is 1. The SMILES string of the molecule is CC(C(=O)N1CCCN(C(=O)CCNS(C)(=O)=O)CC1)N1CCN(C)CC1. The van der Waals surface area contributed by atoms with Crippen molar-refractivity contribution in [1.29, 1.82) is 0 Å². The molecule has 0 aliphatic carbocycles. The van der Waals surface area contributed by atoms with Crippen molar-refractivity contribution < 1.29 is 18.0 Å². The maximum absolute atomic E-state index is 12.9. The predicted octanol–water partition coefficient (Wildman–Crippen LogP) is -1.38. The number of hydrogen-bond acceptors (Lipinski definition) is 6. The van der Waals surface area contributed by atoms with E-state index in [1.54, 1.807) is 4.90 Å². The first kappa shape index (κ1) is 22.1. The summed E-state index contributed by atoms with van der Waals surface area (Å²) in [5.41, 5.74) is 0. The zero-order valence-corrected chi connectivity index (χ0v) is 17.5. The zero-order valence-electron chi connectivity index (χ0n) is 16.7. The molecule has 2 amide bonds. The Balaban J connectivity index is 1.81. The summed E-state index contributed by atoms with van der Waals surface area (Å²) in [6.45, 7) is 8.11. The van der Waals surface area contributed by atoms with Crippen molar-refractivity contribution in [2.24, 2.45) is 0 Å². The number of piperazine rings is 1. The van der Waals surface area contributed by atoms with E-state index in [1.807, 2.05) is 11.8 Å². The van der Waals surface area contributed by atoms with Gasteiger partial charge in [-0.05, 0) is 20.4 Å². The molecule has 1 N–H and O–H groups in total. The fraction of sp³-hybridized carbons (Fsp3) is 0.882. The fourth-order valence-corrected chi connectivity index (χ4v) is 3.99. The minimum atomic E-state index is -3.28. The molecule has 156 valence electrons. The number of sulfonamides is 1. The van der Waals surface area contributed by atoms with Crippen molar-refractivity contribution in [3.63, 3.8) is 0 Å². The Kier molecular flexibility index (Phi) is 8.02. The van der Waals surface area contributed by atoms with Gasteiger partial charge < -0.3 is 14.7 Å². The molecule has 2 rings (SSSR count). The number of carbonyl (C=O) groups is 2. The monoisotopic (exact) mass is 403 g/mol. The summed E-state index contributed by atoms with van der Waals surface area (Å²) in [5, 5.41) is 0. The lowest BCUT2D eigenvalue weighted by atomic mass is 10.2. The molecule has 2 aliphatic heterocycles. The molecule has 2 aliphatic rings. The van der Waals surface area contributed by atoms with Crippen LogP contribution >= 0.6 is 0 Å². The second-order valence-electron chi connectivity index (χ2n) is 7.49. The highest BCUT2D eigenvalue weighted by molar-refractivity contribution is 7.88. The molecule has 2 saturated heterocycles. The van der Waals surface area contributed by atoms with E-state index in [0.29, 0.717) is 26.2 Å². The molecule has 0 spiro atoms. The highest BCUT2D eigenvalue weighted by Gasteiger charge is 2.29. The van der Waals surface area contributed by atoms with Gasteiger partial charge >= 0.3 is 0 Å². The van der Waals surface area contributed by atoms with Crippen LogP contribution in [-0.2, 0) is 19.6 Å². The highest BCUT2D eigenvalue weighted by atomic mass is 32.2. The predicted molar refractivity (Wildman–Crippen MR) is 104 cm³/mol. The van der Waals surface area contributed by atoms with Crippen molar-refractivity contribution in [1.82, 2.24) is 24.3 Å².